The highest BCUT2D eigenvalue weighted by Crippen LogP contribution is 2.23. The average molecular weight is 228 g/mol. The normalized spacial score (nSPS) is 14.1. The average Bonchev–Trinajstić information content (AvgIpc) is 2.19. The van der Waals surface area contributed by atoms with Gasteiger partial charge in [-0.25, -0.2) is 0 Å². The molecule has 0 heterocycles. The Balaban J connectivity index is 3.27. The number of hydrogen-bond acceptors (Lipinski definition) is 1. The molecule has 0 aromatic heterocycles. The zero-order valence-corrected chi connectivity index (χ0v) is 11.9. The Morgan fingerprint density at radius 3 is 2.00 bits per heavy atom. The van der Waals surface area contributed by atoms with Crippen molar-refractivity contribution in [1.82, 2.24) is 0 Å². The number of hydrogen-bond donors (Lipinski definition) is 1. The molecule has 0 aliphatic rings. The van der Waals surface area contributed by atoms with E-state index >= 15 is 0 Å². The Hall–Kier alpha value is -0.0400. The molecule has 0 saturated heterocycles. The van der Waals surface area contributed by atoms with Gasteiger partial charge in [0, 0.05) is 0 Å². The molecule has 1 nitrogen and oxygen atoms in total. The van der Waals surface area contributed by atoms with Crippen LogP contribution < -0.4 is 0 Å². The van der Waals surface area contributed by atoms with Crippen LogP contribution in [0.4, 0.5) is 0 Å². The number of aliphatic hydroxyl groups is 1. The molecule has 0 amide bonds. The lowest BCUT2D eigenvalue weighted by atomic mass is 9.88. The Labute approximate surface area is 103 Å². The second kappa shape index (κ2) is 9.04. The van der Waals surface area contributed by atoms with Gasteiger partial charge in [0.15, 0.2) is 0 Å². The maximum absolute atomic E-state index is 9.82. The molecule has 98 valence electrons. The predicted octanol–water partition coefficient (Wildman–Crippen LogP) is 4.92. The SMILES string of the molecule is CCCCCCCCC(O)CCC(C)(C)C. The molecule has 1 atom stereocenters. The van der Waals surface area contributed by atoms with Crippen molar-refractivity contribution in [2.24, 2.45) is 5.41 Å². The van der Waals surface area contributed by atoms with Crippen molar-refractivity contribution in [3.63, 3.8) is 0 Å². The zero-order chi connectivity index (χ0) is 12.4. The van der Waals surface area contributed by atoms with E-state index in [9.17, 15) is 5.11 Å². The van der Waals surface area contributed by atoms with Crippen molar-refractivity contribution < 1.29 is 5.11 Å². The fourth-order valence-electron chi connectivity index (χ4n) is 1.90. The third kappa shape index (κ3) is 12.0. The van der Waals surface area contributed by atoms with E-state index in [4.69, 9.17) is 0 Å². The molecule has 0 aromatic rings. The highest BCUT2D eigenvalue weighted by Gasteiger charge is 2.13. The lowest BCUT2D eigenvalue weighted by molar-refractivity contribution is 0.133. The first kappa shape index (κ1) is 16.0. The highest BCUT2D eigenvalue weighted by molar-refractivity contribution is 4.65. The van der Waals surface area contributed by atoms with Gasteiger partial charge < -0.3 is 5.11 Å². The summed E-state index contributed by atoms with van der Waals surface area (Å²) in [6.07, 6.45) is 10.9. The number of unbranched alkanes of at least 4 members (excludes halogenated alkanes) is 5. The van der Waals surface area contributed by atoms with E-state index in [-0.39, 0.29) is 6.10 Å². The summed E-state index contributed by atoms with van der Waals surface area (Å²) in [4.78, 5) is 0. The van der Waals surface area contributed by atoms with Gasteiger partial charge in [0.2, 0.25) is 0 Å². The molecular weight excluding hydrogens is 196 g/mol. The molecule has 0 radical (unpaired) electrons. The van der Waals surface area contributed by atoms with Crippen LogP contribution in [0, 0.1) is 5.41 Å². The van der Waals surface area contributed by atoms with Crippen LogP contribution in [0.2, 0.25) is 0 Å². The van der Waals surface area contributed by atoms with E-state index in [1.165, 1.54) is 38.5 Å². The molecule has 0 bridgehead atoms. The van der Waals surface area contributed by atoms with E-state index in [2.05, 4.69) is 27.7 Å². The fourth-order valence-corrected chi connectivity index (χ4v) is 1.90. The van der Waals surface area contributed by atoms with Crippen LogP contribution in [-0.2, 0) is 0 Å². The summed E-state index contributed by atoms with van der Waals surface area (Å²) in [6, 6.07) is 0. The maximum atomic E-state index is 9.82. The van der Waals surface area contributed by atoms with Crippen LogP contribution in [-0.4, -0.2) is 11.2 Å². The van der Waals surface area contributed by atoms with Crippen LogP contribution in [0.15, 0.2) is 0 Å². The van der Waals surface area contributed by atoms with Crippen molar-refractivity contribution in [2.75, 3.05) is 0 Å². The first-order valence-corrected chi connectivity index (χ1v) is 7.14. The lowest BCUT2D eigenvalue weighted by Crippen LogP contribution is -2.12. The van der Waals surface area contributed by atoms with E-state index in [1.54, 1.807) is 0 Å². The largest absolute Gasteiger partial charge is 0.393 e. The predicted molar refractivity (Wildman–Crippen MR) is 72.7 cm³/mol. The summed E-state index contributed by atoms with van der Waals surface area (Å²) in [5, 5.41) is 9.82. The van der Waals surface area contributed by atoms with Gasteiger partial charge in [-0.15, -0.1) is 0 Å². The van der Waals surface area contributed by atoms with Gasteiger partial charge >= 0.3 is 0 Å². The van der Waals surface area contributed by atoms with Crippen molar-refractivity contribution >= 4 is 0 Å². The van der Waals surface area contributed by atoms with Gasteiger partial charge in [-0.2, -0.15) is 0 Å². The van der Waals surface area contributed by atoms with E-state index in [0.29, 0.717) is 5.41 Å². The minimum Gasteiger partial charge on any atom is -0.393 e. The fraction of sp³-hybridized carbons (Fsp3) is 1.00. The molecule has 1 N–H and O–H groups in total. The third-order valence-corrected chi connectivity index (χ3v) is 3.12. The second-order valence-corrected chi connectivity index (χ2v) is 6.31. The van der Waals surface area contributed by atoms with Crippen molar-refractivity contribution in [1.29, 1.82) is 0 Å². The zero-order valence-electron chi connectivity index (χ0n) is 11.9. The van der Waals surface area contributed by atoms with Gasteiger partial charge in [0.1, 0.15) is 0 Å². The quantitative estimate of drug-likeness (QED) is 0.555. The van der Waals surface area contributed by atoms with E-state index in [0.717, 1.165) is 19.3 Å². The lowest BCUT2D eigenvalue weighted by Gasteiger charge is -2.20. The molecule has 1 heteroatoms. The molecular formula is C15H32O. The molecule has 0 aromatic carbocycles. The Morgan fingerprint density at radius 1 is 0.875 bits per heavy atom. The smallest absolute Gasteiger partial charge is 0.0540 e. The molecule has 0 aliphatic carbocycles. The summed E-state index contributed by atoms with van der Waals surface area (Å²) < 4.78 is 0. The summed E-state index contributed by atoms with van der Waals surface area (Å²) in [5.74, 6) is 0. The summed E-state index contributed by atoms with van der Waals surface area (Å²) >= 11 is 0. The van der Waals surface area contributed by atoms with E-state index < -0.39 is 0 Å². The van der Waals surface area contributed by atoms with Gasteiger partial charge in [-0.1, -0.05) is 66.2 Å². The van der Waals surface area contributed by atoms with E-state index in [1.807, 2.05) is 0 Å². The van der Waals surface area contributed by atoms with Gasteiger partial charge in [0.25, 0.3) is 0 Å². The molecule has 1 unspecified atom stereocenters. The third-order valence-electron chi connectivity index (χ3n) is 3.12. The van der Waals surface area contributed by atoms with Crippen LogP contribution in [0.25, 0.3) is 0 Å². The van der Waals surface area contributed by atoms with Crippen LogP contribution in [0.1, 0.15) is 85.5 Å². The Bertz CT molecular complexity index is 146. The van der Waals surface area contributed by atoms with Gasteiger partial charge in [-0.05, 0) is 24.7 Å². The van der Waals surface area contributed by atoms with Crippen LogP contribution in [0.3, 0.4) is 0 Å². The standard InChI is InChI=1S/C15H32O/c1-5-6-7-8-9-10-11-14(16)12-13-15(2,3)4/h14,16H,5-13H2,1-4H3. The summed E-state index contributed by atoms with van der Waals surface area (Å²) in [7, 11) is 0. The maximum Gasteiger partial charge on any atom is 0.0540 e. The first-order chi connectivity index (χ1) is 7.45. The molecule has 0 fully saturated rings. The Morgan fingerprint density at radius 2 is 1.44 bits per heavy atom. The van der Waals surface area contributed by atoms with Crippen molar-refractivity contribution in [3.8, 4) is 0 Å². The Kier molecular flexibility index (Phi) is 9.02. The number of rotatable bonds is 9. The second-order valence-electron chi connectivity index (χ2n) is 6.31. The van der Waals surface area contributed by atoms with Crippen molar-refractivity contribution in [2.45, 2.75) is 91.6 Å². The number of aliphatic hydroxyl groups excluding tert-OH is 1. The molecule has 16 heavy (non-hydrogen) atoms. The summed E-state index contributed by atoms with van der Waals surface area (Å²) in [6.45, 7) is 8.97. The molecule has 0 aliphatic heterocycles. The monoisotopic (exact) mass is 228 g/mol. The van der Waals surface area contributed by atoms with Crippen molar-refractivity contribution in [3.05, 3.63) is 0 Å². The minimum atomic E-state index is -0.0644. The van der Waals surface area contributed by atoms with Crippen LogP contribution in [0.5, 0.6) is 0 Å². The minimum absolute atomic E-state index is 0.0644. The van der Waals surface area contributed by atoms with Gasteiger partial charge in [-0.3, -0.25) is 0 Å². The topological polar surface area (TPSA) is 20.2 Å². The molecule has 0 rings (SSSR count). The molecule has 0 spiro atoms. The molecule has 0 saturated carbocycles. The summed E-state index contributed by atoms with van der Waals surface area (Å²) in [5.41, 5.74) is 0.363. The first-order valence-electron chi connectivity index (χ1n) is 7.14. The highest BCUT2D eigenvalue weighted by atomic mass is 16.3. The van der Waals surface area contributed by atoms with Crippen LogP contribution >= 0.6 is 0 Å². The van der Waals surface area contributed by atoms with Gasteiger partial charge in [0.05, 0.1) is 6.10 Å².